The highest BCUT2D eigenvalue weighted by Crippen LogP contribution is 2.33. The van der Waals surface area contributed by atoms with E-state index in [1.54, 1.807) is 6.92 Å². The molecule has 164 valence electrons. The smallest absolute Gasteiger partial charge is 0.313 e. The fourth-order valence-electron chi connectivity index (χ4n) is 3.32. The maximum absolute atomic E-state index is 14.7. The highest BCUT2D eigenvalue weighted by atomic mass is 32.2. The minimum atomic E-state index is -4.73. The third-order valence-corrected chi connectivity index (χ3v) is 5.99. The molecule has 1 aliphatic heterocycles. The van der Waals surface area contributed by atoms with E-state index < -0.39 is 17.7 Å². The van der Waals surface area contributed by atoms with Gasteiger partial charge in [-0.2, -0.15) is 18.3 Å². The van der Waals surface area contributed by atoms with E-state index in [1.165, 1.54) is 29.2 Å². The second-order valence-electron chi connectivity index (χ2n) is 7.08. The molecule has 0 radical (unpaired) electrons. The van der Waals surface area contributed by atoms with Gasteiger partial charge in [0.05, 0.1) is 23.0 Å². The van der Waals surface area contributed by atoms with Crippen LogP contribution in [-0.2, 0) is 18.4 Å². The highest BCUT2D eigenvalue weighted by molar-refractivity contribution is 8.00. The lowest BCUT2D eigenvalue weighted by molar-refractivity contribution is -0.145. The Balaban J connectivity index is 1.54. The summed E-state index contributed by atoms with van der Waals surface area (Å²) in [4.78, 5) is 23.8. The van der Waals surface area contributed by atoms with Crippen LogP contribution in [0.5, 0.6) is 0 Å². The Bertz CT molecular complexity index is 1110. The van der Waals surface area contributed by atoms with Crippen LogP contribution in [-0.4, -0.2) is 49.4 Å². The van der Waals surface area contributed by atoms with Crippen molar-refractivity contribution in [1.82, 2.24) is 30.0 Å². The van der Waals surface area contributed by atoms with E-state index in [4.69, 9.17) is 0 Å². The molecule has 1 saturated heterocycles. The van der Waals surface area contributed by atoms with Crippen molar-refractivity contribution in [3.8, 4) is 0 Å². The predicted octanol–water partition coefficient (Wildman–Crippen LogP) is 3.39. The molecule has 0 amide bonds. The first kappa shape index (κ1) is 21.6. The van der Waals surface area contributed by atoms with Crippen LogP contribution in [0.2, 0.25) is 0 Å². The van der Waals surface area contributed by atoms with Crippen molar-refractivity contribution in [1.29, 1.82) is 0 Å². The van der Waals surface area contributed by atoms with Crippen LogP contribution in [0.3, 0.4) is 0 Å². The van der Waals surface area contributed by atoms with E-state index in [0.717, 1.165) is 11.8 Å². The number of pyridine rings is 1. The van der Waals surface area contributed by atoms with Crippen LogP contribution < -0.4 is 5.32 Å². The van der Waals surface area contributed by atoms with Crippen LogP contribution in [0, 0.1) is 0 Å². The third-order valence-electron chi connectivity index (χ3n) is 5.00. The number of rotatable bonds is 6. The number of thioether (sulfide) groups is 1. The lowest BCUT2D eigenvalue weighted by Crippen LogP contribution is -2.24. The lowest BCUT2D eigenvalue weighted by Gasteiger charge is -2.17. The molecule has 0 aliphatic carbocycles. The summed E-state index contributed by atoms with van der Waals surface area (Å²) in [5, 5.41) is 7.34. The molecular weight excluding hydrogens is 436 g/mol. The molecule has 4 heterocycles. The van der Waals surface area contributed by atoms with Crippen molar-refractivity contribution in [3.05, 3.63) is 41.6 Å². The van der Waals surface area contributed by atoms with Gasteiger partial charge in [0.1, 0.15) is 5.03 Å². The molecule has 3 aromatic rings. The van der Waals surface area contributed by atoms with E-state index >= 15 is 0 Å². The van der Waals surface area contributed by atoms with Gasteiger partial charge in [0, 0.05) is 31.3 Å². The van der Waals surface area contributed by atoms with Crippen molar-refractivity contribution in [2.24, 2.45) is 0 Å². The number of halogens is 4. The van der Waals surface area contributed by atoms with Crippen LogP contribution in [0.1, 0.15) is 35.2 Å². The number of nitrogens with zero attached hydrogens (tertiary/aromatic N) is 5. The predicted molar refractivity (Wildman–Crippen MR) is 106 cm³/mol. The summed E-state index contributed by atoms with van der Waals surface area (Å²) in [5.41, 5.74) is -1.00. The zero-order chi connectivity index (χ0) is 22.2. The first-order valence-electron chi connectivity index (χ1n) is 9.54. The molecule has 1 fully saturated rings. The molecule has 0 aromatic carbocycles. The van der Waals surface area contributed by atoms with Crippen molar-refractivity contribution in [3.63, 3.8) is 0 Å². The van der Waals surface area contributed by atoms with Gasteiger partial charge in [-0.25, -0.2) is 19.0 Å². The van der Waals surface area contributed by atoms with Crippen molar-refractivity contribution < 1.29 is 22.4 Å². The second kappa shape index (κ2) is 8.15. The normalized spacial score (nSPS) is 19.3. The maximum Gasteiger partial charge on any atom is 0.451 e. The molecule has 7 nitrogen and oxygen atoms in total. The Morgan fingerprint density at radius 1 is 1.29 bits per heavy atom. The largest absolute Gasteiger partial charge is 0.451 e. The molecule has 0 bridgehead atoms. The molecule has 0 spiro atoms. The highest BCUT2D eigenvalue weighted by Gasteiger charge is 2.37. The zero-order valence-corrected chi connectivity index (χ0v) is 17.2. The van der Waals surface area contributed by atoms with E-state index in [2.05, 4.69) is 25.4 Å². The van der Waals surface area contributed by atoms with Gasteiger partial charge < -0.3 is 5.32 Å². The number of carbonyl (C=O) groups is 1. The summed E-state index contributed by atoms with van der Waals surface area (Å²) >= 11 is 0.870. The number of nitrogens with one attached hydrogen (secondary N) is 1. The minimum Gasteiger partial charge on any atom is -0.313 e. The maximum atomic E-state index is 14.7. The Hall–Kier alpha value is -2.60. The van der Waals surface area contributed by atoms with Gasteiger partial charge in [-0.05, 0) is 25.6 Å². The minimum absolute atomic E-state index is 0.0229. The molecule has 12 heteroatoms. The van der Waals surface area contributed by atoms with Gasteiger partial charge >= 0.3 is 6.18 Å². The van der Waals surface area contributed by atoms with Crippen molar-refractivity contribution >= 4 is 28.6 Å². The van der Waals surface area contributed by atoms with E-state index in [9.17, 15) is 22.4 Å². The summed E-state index contributed by atoms with van der Waals surface area (Å²) in [7, 11) is 0. The average molecular weight is 454 g/mol. The topological polar surface area (TPSA) is 85.6 Å². The number of aryl methyl sites for hydroxylation is 1. The molecule has 1 aliphatic rings. The quantitative estimate of drug-likeness (QED) is 0.264. The van der Waals surface area contributed by atoms with Gasteiger partial charge in [0.2, 0.25) is 5.82 Å². The van der Waals surface area contributed by atoms with Crippen LogP contribution in [0.4, 0.5) is 17.6 Å². The average Bonchev–Trinajstić information content (AvgIpc) is 3.38. The third kappa shape index (κ3) is 4.26. The molecule has 1 atom stereocenters. The van der Waals surface area contributed by atoms with Crippen LogP contribution in [0.15, 0.2) is 29.6 Å². The number of carbonyl (C=O) groups excluding carboxylic acids is 1. The van der Waals surface area contributed by atoms with Gasteiger partial charge in [-0.15, -0.1) is 0 Å². The van der Waals surface area contributed by atoms with Crippen LogP contribution >= 0.6 is 11.8 Å². The number of alkyl halides is 4. The Morgan fingerprint density at radius 2 is 2.10 bits per heavy atom. The fraction of sp³-hybridized carbons (Fsp3) is 0.421. The Kier molecular flexibility index (Phi) is 5.69. The summed E-state index contributed by atoms with van der Waals surface area (Å²) in [6.07, 6.45) is -1.74. The zero-order valence-electron chi connectivity index (χ0n) is 16.4. The van der Waals surface area contributed by atoms with Gasteiger partial charge in [0.15, 0.2) is 17.1 Å². The van der Waals surface area contributed by atoms with Gasteiger partial charge in [-0.3, -0.25) is 9.78 Å². The molecule has 1 N–H and O–H groups in total. The standard InChI is InChI=1S/C19H18F4N6OS/c1-2-29-15-12(8-26-29)16(28-17(27-15)19(21,22)23)31-9-13(30)11-3-4-14(25-7-11)18(20)5-6-24-10-18/h3-4,7-8,24H,2,5-6,9-10H2,1H3. The summed E-state index contributed by atoms with van der Waals surface area (Å²) in [6, 6.07) is 2.96. The molecule has 0 saturated carbocycles. The Morgan fingerprint density at radius 3 is 2.71 bits per heavy atom. The van der Waals surface area contributed by atoms with E-state index in [1.807, 2.05) is 0 Å². The molecule has 3 aromatic heterocycles. The first-order valence-corrected chi connectivity index (χ1v) is 10.5. The molecule has 4 rings (SSSR count). The van der Waals surface area contributed by atoms with Crippen molar-refractivity contribution in [2.45, 2.75) is 36.8 Å². The summed E-state index contributed by atoms with van der Waals surface area (Å²) in [5.74, 6) is -1.80. The Labute approximate surface area is 178 Å². The molecule has 31 heavy (non-hydrogen) atoms. The monoisotopic (exact) mass is 454 g/mol. The molecular formula is C19H18F4N6OS. The van der Waals surface area contributed by atoms with Gasteiger partial charge in [0.25, 0.3) is 0 Å². The van der Waals surface area contributed by atoms with Crippen LogP contribution in [0.25, 0.3) is 11.0 Å². The number of aromatic nitrogens is 5. The number of ketones is 1. The number of hydrogen-bond donors (Lipinski definition) is 1. The summed E-state index contributed by atoms with van der Waals surface area (Å²) in [6.45, 7) is 2.79. The van der Waals surface area contributed by atoms with E-state index in [-0.39, 0.29) is 40.0 Å². The lowest BCUT2D eigenvalue weighted by atomic mass is 9.99. The van der Waals surface area contributed by atoms with Crippen molar-refractivity contribution in [2.75, 3.05) is 18.8 Å². The SMILES string of the molecule is CCn1ncc2c(SCC(=O)c3ccc(C4(F)CCNC4)nc3)nc(C(F)(F)F)nc21. The van der Waals surface area contributed by atoms with E-state index in [0.29, 0.717) is 24.9 Å². The molecule has 1 unspecified atom stereocenters. The fourth-order valence-corrected chi connectivity index (χ4v) is 4.20. The number of fused-ring (bicyclic) bond motifs is 1. The first-order chi connectivity index (χ1) is 14.7. The number of hydrogen-bond acceptors (Lipinski definition) is 7. The summed E-state index contributed by atoms with van der Waals surface area (Å²) < 4.78 is 55.7. The van der Waals surface area contributed by atoms with Gasteiger partial charge in [-0.1, -0.05) is 11.8 Å². The number of Topliss-reactive ketones (excluding diaryl/α,β-unsaturated/α-hetero) is 1. The second-order valence-corrected chi connectivity index (χ2v) is 8.05.